The van der Waals surface area contributed by atoms with E-state index < -0.39 is 17.8 Å². The minimum Gasteiger partial charge on any atom is -0.481 e. The monoisotopic (exact) mass is 318 g/mol. The summed E-state index contributed by atoms with van der Waals surface area (Å²) in [4.78, 5) is 38.4. The van der Waals surface area contributed by atoms with Crippen molar-refractivity contribution < 1.29 is 14.7 Å². The number of fused-ring (bicyclic) bond motifs is 1. The second-order valence-corrected chi connectivity index (χ2v) is 6.60. The number of aromatic nitrogens is 1. The van der Waals surface area contributed by atoms with Crippen LogP contribution in [0.2, 0.25) is 0 Å². The molecule has 0 aliphatic heterocycles. The van der Waals surface area contributed by atoms with Gasteiger partial charge in [-0.15, -0.1) is 0 Å². The zero-order chi connectivity index (χ0) is 16.4. The first kappa shape index (κ1) is 15.8. The molecule has 6 nitrogen and oxygen atoms in total. The van der Waals surface area contributed by atoms with Crippen LogP contribution in [0.25, 0.3) is 0 Å². The summed E-state index contributed by atoms with van der Waals surface area (Å²) in [5.74, 6) is -1.61. The lowest BCUT2D eigenvalue weighted by Gasteiger charge is -2.13. The van der Waals surface area contributed by atoms with Crippen molar-refractivity contribution in [3.05, 3.63) is 33.2 Å². The summed E-state index contributed by atoms with van der Waals surface area (Å²) >= 11 is 0. The van der Waals surface area contributed by atoms with Crippen molar-refractivity contribution in [3.63, 3.8) is 0 Å². The molecule has 1 aromatic heterocycles. The molecule has 0 saturated heterocycles. The van der Waals surface area contributed by atoms with Gasteiger partial charge in [-0.05, 0) is 56.6 Å². The number of hydrogen-bond donors (Lipinski definition) is 3. The second-order valence-electron chi connectivity index (χ2n) is 6.60. The number of carbonyl (C=O) groups is 2. The molecule has 3 N–H and O–H groups in total. The largest absolute Gasteiger partial charge is 0.481 e. The third-order valence-corrected chi connectivity index (χ3v) is 4.95. The smallest absolute Gasteiger partial charge is 0.306 e. The Morgan fingerprint density at radius 3 is 2.70 bits per heavy atom. The number of amides is 1. The van der Waals surface area contributed by atoms with Crippen LogP contribution in [-0.2, 0) is 17.6 Å². The summed E-state index contributed by atoms with van der Waals surface area (Å²) in [6.07, 6.45) is 6.66. The summed E-state index contributed by atoms with van der Waals surface area (Å²) < 4.78 is 0. The minimum atomic E-state index is -0.815. The van der Waals surface area contributed by atoms with Crippen molar-refractivity contribution in [2.24, 2.45) is 5.92 Å². The van der Waals surface area contributed by atoms with Crippen LogP contribution in [0.5, 0.6) is 0 Å². The first-order valence-corrected chi connectivity index (χ1v) is 8.33. The molecule has 1 aromatic rings. The molecule has 0 unspecified atom stereocenters. The molecule has 1 fully saturated rings. The Labute approximate surface area is 134 Å². The topological polar surface area (TPSA) is 99.3 Å². The van der Waals surface area contributed by atoms with Gasteiger partial charge in [0.25, 0.3) is 11.5 Å². The Kier molecular flexibility index (Phi) is 4.50. The van der Waals surface area contributed by atoms with E-state index in [1.807, 2.05) is 0 Å². The molecule has 0 aromatic carbocycles. The molecule has 0 bridgehead atoms. The maximum absolute atomic E-state index is 12.4. The Morgan fingerprint density at radius 2 is 1.96 bits per heavy atom. The Morgan fingerprint density at radius 1 is 1.17 bits per heavy atom. The molecule has 2 atom stereocenters. The van der Waals surface area contributed by atoms with Crippen LogP contribution in [0.15, 0.2) is 10.9 Å². The third kappa shape index (κ3) is 3.46. The van der Waals surface area contributed by atoms with Crippen LogP contribution in [0.1, 0.15) is 60.1 Å². The van der Waals surface area contributed by atoms with Gasteiger partial charge >= 0.3 is 5.97 Å². The fourth-order valence-corrected chi connectivity index (χ4v) is 3.62. The van der Waals surface area contributed by atoms with Crippen LogP contribution >= 0.6 is 0 Å². The van der Waals surface area contributed by atoms with Gasteiger partial charge < -0.3 is 15.4 Å². The standard InChI is InChI=1S/C17H22N2O4/c20-15(18-12-7-6-11(8-12)17(22)23)13-9-10-4-2-1-3-5-14(10)19-16(13)21/h9,11-12H,1-8H2,(H,18,20)(H,19,21)(H,22,23)/t11-,12+/m1/s1. The van der Waals surface area contributed by atoms with Crippen molar-refractivity contribution in [1.82, 2.24) is 10.3 Å². The van der Waals surface area contributed by atoms with Crippen molar-refractivity contribution in [2.45, 2.75) is 57.4 Å². The van der Waals surface area contributed by atoms with Crippen molar-refractivity contribution in [3.8, 4) is 0 Å². The highest BCUT2D eigenvalue weighted by atomic mass is 16.4. The van der Waals surface area contributed by atoms with E-state index in [9.17, 15) is 14.4 Å². The van der Waals surface area contributed by atoms with Gasteiger partial charge in [0.1, 0.15) is 5.56 Å². The van der Waals surface area contributed by atoms with Crippen molar-refractivity contribution in [2.75, 3.05) is 0 Å². The Balaban J connectivity index is 1.74. The summed E-state index contributed by atoms with van der Waals surface area (Å²) in [5, 5.41) is 11.8. The normalized spacial score (nSPS) is 23.8. The molecular weight excluding hydrogens is 296 g/mol. The molecule has 1 heterocycles. The number of carboxylic acid groups (broad SMARTS) is 1. The molecule has 2 aliphatic rings. The van der Waals surface area contributed by atoms with Gasteiger partial charge in [0.15, 0.2) is 0 Å². The maximum Gasteiger partial charge on any atom is 0.306 e. The predicted molar refractivity (Wildman–Crippen MR) is 84.6 cm³/mol. The molecule has 124 valence electrons. The molecule has 2 aliphatic carbocycles. The van der Waals surface area contributed by atoms with E-state index >= 15 is 0 Å². The number of carbonyl (C=O) groups excluding carboxylic acids is 1. The lowest BCUT2D eigenvalue weighted by atomic mass is 10.1. The molecular formula is C17H22N2O4. The van der Waals surface area contributed by atoms with Crippen molar-refractivity contribution >= 4 is 11.9 Å². The fraction of sp³-hybridized carbons (Fsp3) is 0.588. The van der Waals surface area contributed by atoms with E-state index in [1.54, 1.807) is 6.07 Å². The number of aryl methyl sites for hydroxylation is 2. The van der Waals surface area contributed by atoms with Crippen LogP contribution in [0.3, 0.4) is 0 Å². The molecule has 1 saturated carbocycles. The average Bonchev–Trinajstić information content (AvgIpc) is 2.85. The molecule has 1 amide bonds. The first-order chi connectivity index (χ1) is 11.0. The van der Waals surface area contributed by atoms with Crippen LogP contribution < -0.4 is 10.9 Å². The van der Waals surface area contributed by atoms with E-state index in [4.69, 9.17) is 5.11 Å². The van der Waals surface area contributed by atoms with E-state index in [0.29, 0.717) is 19.3 Å². The molecule has 6 heteroatoms. The van der Waals surface area contributed by atoms with Gasteiger partial charge in [-0.25, -0.2) is 0 Å². The summed E-state index contributed by atoms with van der Waals surface area (Å²) in [6, 6.07) is 1.56. The fourth-order valence-electron chi connectivity index (χ4n) is 3.62. The van der Waals surface area contributed by atoms with Crippen molar-refractivity contribution in [1.29, 1.82) is 0 Å². The predicted octanol–water partition coefficient (Wildman–Crippen LogP) is 1.63. The van der Waals surface area contributed by atoms with Gasteiger partial charge in [0.2, 0.25) is 0 Å². The lowest BCUT2D eigenvalue weighted by Crippen LogP contribution is -2.37. The Hall–Kier alpha value is -2.11. The SMILES string of the molecule is O=C(N[C@H]1CC[C@@H](C(=O)O)C1)c1cc2c([nH]c1=O)CCCCC2. The Bertz CT molecular complexity index is 680. The van der Waals surface area contributed by atoms with E-state index in [-0.39, 0.29) is 17.2 Å². The summed E-state index contributed by atoms with van der Waals surface area (Å²) in [5.41, 5.74) is 1.80. The molecule has 0 spiro atoms. The van der Waals surface area contributed by atoms with E-state index in [1.165, 1.54) is 0 Å². The number of nitrogens with one attached hydrogen (secondary N) is 2. The lowest BCUT2D eigenvalue weighted by molar-refractivity contribution is -0.141. The third-order valence-electron chi connectivity index (χ3n) is 4.95. The summed E-state index contributed by atoms with van der Waals surface area (Å²) in [7, 11) is 0. The quantitative estimate of drug-likeness (QED) is 0.738. The van der Waals surface area contributed by atoms with Gasteiger partial charge in [-0.3, -0.25) is 14.4 Å². The zero-order valence-corrected chi connectivity index (χ0v) is 13.1. The highest BCUT2D eigenvalue weighted by Gasteiger charge is 2.31. The minimum absolute atomic E-state index is 0.143. The number of hydrogen-bond acceptors (Lipinski definition) is 3. The van der Waals surface area contributed by atoms with E-state index in [0.717, 1.165) is 43.4 Å². The van der Waals surface area contributed by atoms with Crippen LogP contribution in [-0.4, -0.2) is 28.0 Å². The second kappa shape index (κ2) is 6.56. The number of rotatable bonds is 3. The number of aliphatic carboxylic acids is 1. The highest BCUT2D eigenvalue weighted by Crippen LogP contribution is 2.26. The van der Waals surface area contributed by atoms with Crippen LogP contribution in [0.4, 0.5) is 0 Å². The molecule has 0 radical (unpaired) electrons. The number of carboxylic acids is 1. The molecule has 23 heavy (non-hydrogen) atoms. The maximum atomic E-state index is 12.4. The average molecular weight is 318 g/mol. The van der Waals surface area contributed by atoms with Gasteiger partial charge in [0, 0.05) is 11.7 Å². The number of aromatic amines is 1. The van der Waals surface area contributed by atoms with Gasteiger partial charge in [-0.2, -0.15) is 0 Å². The number of H-pyrrole nitrogens is 1. The highest BCUT2D eigenvalue weighted by molar-refractivity contribution is 5.94. The van der Waals surface area contributed by atoms with Gasteiger partial charge in [0.05, 0.1) is 5.92 Å². The van der Waals surface area contributed by atoms with Gasteiger partial charge in [-0.1, -0.05) is 6.42 Å². The molecule has 3 rings (SSSR count). The first-order valence-electron chi connectivity index (χ1n) is 8.33. The van der Waals surface area contributed by atoms with E-state index in [2.05, 4.69) is 10.3 Å². The zero-order valence-electron chi connectivity index (χ0n) is 13.1. The summed E-state index contributed by atoms with van der Waals surface area (Å²) in [6.45, 7) is 0. The van der Waals surface area contributed by atoms with Crippen LogP contribution in [0, 0.1) is 5.92 Å². The number of pyridine rings is 1.